The summed E-state index contributed by atoms with van der Waals surface area (Å²) in [5.74, 6) is 0.0690. The standard InChI is InChI=1S/C8H18N2O2/c1-10(2,3)7-8(11)9-5-6-12-4/h5-7H2,1-4H3/p+1. The molecule has 0 aliphatic carbocycles. The predicted octanol–water partition coefficient (Wildman–Crippen LogP) is -0.545. The van der Waals surface area contributed by atoms with Crippen LogP contribution in [-0.4, -0.2) is 58.3 Å². The molecule has 0 rings (SSSR count). The van der Waals surface area contributed by atoms with E-state index in [0.29, 0.717) is 24.2 Å². The smallest absolute Gasteiger partial charge is 0.275 e. The third-order valence-corrected chi connectivity index (χ3v) is 1.25. The van der Waals surface area contributed by atoms with Crippen LogP contribution in [0.25, 0.3) is 0 Å². The van der Waals surface area contributed by atoms with Crippen molar-refractivity contribution in [3.8, 4) is 0 Å². The number of amides is 1. The van der Waals surface area contributed by atoms with Crippen molar-refractivity contribution in [2.45, 2.75) is 0 Å². The van der Waals surface area contributed by atoms with Crippen molar-refractivity contribution in [3.63, 3.8) is 0 Å². The van der Waals surface area contributed by atoms with E-state index in [1.807, 2.05) is 21.1 Å². The Kier molecular flexibility index (Phi) is 4.85. The van der Waals surface area contributed by atoms with Crippen molar-refractivity contribution in [1.82, 2.24) is 5.32 Å². The van der Waals surface area contributed by atoms with E-state index < -0.39 is 0 Å². The Morgan fingerprint density at radius 3 is 2.42 bits per heavy atom. The molecular formula is C8H19N2O2+. The SMILES string of the molecule is COCCNC(=O)C[N+](C)(C)C. The highest BCUT2D eigenvalue weighted by Gasteiger charge is 2.12. The highest BCUT2D eigenvalue weighted by atomic mass is 16.5. The highest BCUT2D eigenvalue weighted by molar-refractivity contribution is 5.76. The minimum absolute atomic E-state index is 0.0690. The molecule has 0 heterocycles. The molecule has 0 unspecified atom stereocenters. The Hall–Kier alpha value is -0.610. The Balaban J connectivity index is 3.47. The number of carbonyl (C=O) groups is 1. The van der Waals surface area contributed by atoms with E-state index in [1.54, 1.807) is 7.11 Å². The van der Waals surface area contributed by atoms with Gasteiger partial charge < -0.3 is 14.5 Å². The normalized spacial score (nSPS) is 11.3. The van der Waals surface area contributed by atoms with Gasteiger partial charge in [-0.05, 0) is 0 Å². The molecule has 4 nitrogen and oxygen atoms in total. The monoisotopic (exact) mass is 175 g/mol. The van der Waals surface area contributed by atoms with Crippen LogP contribution >= 0.6 is 0 Å². The molecule has 0 bridgehead atoms. The van der Waals surface area contributed by atoms with Gasteiger partial charge in [0.1, 0.15) is 0 Å². The Labute approximate surface area is 74.1 Å². The zero-order chi connectivity index (χ0) is 9.61. The summed E-state index contributed by atoms with van der Waals surface area (Å²) in [6, 6.07) is 0. The van der Waals surface area contributed by atoms with Gasteiger partial charge in [-0.2, -0.15) is 0 Å². The zero-order valence-electron chi connectivity index (χ0n) is 8.39. The summed E-state index contributed by atoms with van der Waals surface area (Å²) < 4.78 is 5.45. The number of nitrogens with zero attached hydrogens (tertiary/aromatic N) is 1. The lowest BCUT2D eigenvalue weighted by Gasteiger charge is -2.22. The maximum atomic E-state index is 11.2. The van der Waals surface area contributed by atoms with Crippen molar-refractivity contribution in [1.29, 1.82) is 0 Å². The maximum Gasteiger partial charge on any atom is 0.275 e. The summed E-state index contributed by atoms with van der Waals surface area (Å²) in [6.45, 7) is 1.67. The summed E-state index contributed by atoms with van der Waals surface area (Å²) in [5, 5.41) is 2.76. The molecule has 12 heavy (non-hydrogen) atoms. The summed E-state index contributed by atoms with van der Waals surface area (Å²) in [4.78, 5) is 11.2. The number of hydrogen-bond donors (Lipinski definition) is 1. The lowest BCUT2D eigenvalue weighted by atomic mass is 10.4. The molecule has 72 valence electrons. The minimum Gasteiger partial charge on any atom is -0.383 e. The van der Waals surface area contributed by atoms with Gasteiger partial charge in [-0.15, -0.1) is 0 Å². The molecule has 4 heteroatoms. The van der Waals surface area contributed by atoms with Crippen molar-refractivity contribution in [3.05, 3.63) is 0 Å². The van der Waals surface area contributed by atoms with Crippen LogP contribution in [0, 0.1) is 0 Å². The molecule has 0 spiro atoms. The predicted molar refractivity (Wildman–Crippen MR) is 47.8 cm³/mol. The number of likely N-dealkylation sites (N-methyl/N-ethyl adjacent to an activating group) is 1. The summed E-state index contributed by atoms with van der Waals surface area (Å²) in [6.07, 6.45) is 0. The lowest BCUT2D eigenvalue weighted by molar-refractivity contribution is -0.862. The molecule has 0 aromatic carbocycles. The number of rotatable bonds is 5. The van der Waals surface area contributed by atoms with E-state index in [2.05, 4.69) is 5.32 Å². The van der Waals surface area contributed by atoms with Gasteiger partial charge in [0.05, 0.1) is 27.7 Å². The van der Waals surface area contributed by atoms with Crippen molar-refractivity contribution >= 4 is 5.91 Å². The molecule has 1 N–H and O–H groups in total. The van der Waals surface area contributed by atoms with Gasteiger partial charge in [0.15, 0.2) is 6.54 Å². The van der Waals surface area contributed by atoms with Gasteiger partial charge in [-0.1, -0.05) is 0 Å². The Morgan fingerprint density at radius 2 is 2.00 bits per heavy atom. The molecule has 0 saturated carbocycles. The van der Waals surface area contributed by atoms with Gasteiger partial charge in [-0.3, -0.25) is 4.79 Å². The van der Waals surface area contributed by atoms with Crippen LogP contribution in [0.4, 0.5) is 0 Å². The van der Waals surface area contributed by atoms with E-state index in [9.17, 15) is 4.79 Å². The zero-order valence-corrected chi connectivity index (χ0v) is 8.39. The van der Waals surface area contributed by atoms with Gasteiger partial charge >= 0.3 is 0 Å². The van der Waals surface area contributed by atoms with Crippen LogP contribution in [0.3, 0.4) is 0 Å². The van der Waals surface area contributed by atoms with Crippen molar-refractivity contribution in [2.75, 3.05) is 47.9 Å². The quantitative estimate of drug-likeness (QED) is 0.450. The second-order valence-electron chi connectivity index (χ2n) is 3.79. The molecule has 0 aliphatic rings. The van der Waals surface area contributed by atoms with Crippen LogP contribution in [0.5, 0.6) is 0 Å². The molecule has 0 fully saturated rings. The first kappa shape index (κ1) is 11.4. The highest BCUT2D eigenvalue weighted by Crippen LogP contribution is 1.87. The van der Waals surface area contributed by atoms with E-state index in [1.165, 1.54) is 0 Å². The first-order chi connectivity index (χ1) is 5.45. The van der Waals surface area contributed by atoms with E-state index in [-0.39, 0.29) is 5.91 Å². The first-order valence-electron chi connectivity index (χ1n) is 4.02. The summed E-state index contributed by atoms with van der Waals surface area (Å²) >= 11 is 0. The molecule has 1 amide bonds. The first-order valence-corrected chi connectivity index (χ1v) is 4.02. The Morgan fingerprint density at radius 1 is 1.42 bits per heavy atom. The molecule has 0 radical (unpaired) electrons. The maximum absolute atomic E-state index is 11.2. The van der Waals surface area contributed by atoms with E-state index >= 15 is 0 Å². The van der Waals surface area contributed by atoms with Gasteiger partial charge in [0.2, 0.25) is 0 Å². The largest absolute Gasteiger partial charge is 0.383 e. The summed E-state index contributed by atoms with van der Waals surface area (Å²) in [7, 11) is 7.56. The topological polar surface area (TPSA) is 38.3 Å². The van der Waals surface area contributed by atoms with Crippen LogP contribution in [0.15, 0.2) is 0 Å². The number of nitrogens with one attached hydrogen (secondary N) is 1. The molecule has 0 saturated heterocycles. The van der Waals surface area contributed by atoms with E-state index in [0.717, 1.165) is 0 Å². The van der Waals surface area contributed by atoms with Crippen molar-refractivity contribution < 1.29 is 14.0 Å². The molecular weight excluding hydrogens is 156 g/mol. The van der Waals surface area contributed by atoms with Crippen LogP contribution < -0.4 is 5.32 Å². The second kappa shape index (κ2) is 5.11. The third kappa shape index (κ3) is 7.50. The lowest BCUT2D eigenvalue weighted by Crippen LogP contribution is -2.44. The molecule has 0 aromatic rings. The molecule has 0 aliphatic heterocycles. The fourth-order valence-electron chi connectivity index (χ4n) is 0.779. The van der Waals surface area contributed by atoms with Crippen LogP contribution in [0.2, 0.25) is 0 Å². The summed E-state index contributed by atoms with van der Waals surface area (Å²) in [5.41, 5.74) is 0. The molecule has 0 atom stereocenters. The fourth-order valence-corrected chi connectivity index (χ4v) is 0.779. The fraction of sp³-hybridized carbons (Fsp3) is 0.875. The molecule has 0 aromatic heterocycles. The average molecular weight is 175 g/mol. The van der Waals surface area contributed by atoms with Crippen LogP contribution in [-0.2, 0) is 9.53 Å². The van der Waals surface area contributed by atoms with Crippen molar-refractivity contribution in [2.24, 2.45) is 0 Å². The number of carbonyl (C=O) groups excluding carboxylic acids is 1. The number of quaternary nitrogens is 1. The number of hydrogen-bond acceptors (Lipinski definition) is 2. The van der Waals surface area contributed by atoms with Crippen LogP contribution in [0.1, 0.15) is 0 Å². The third-order valence-electron chi connectivity index (χ3n) is 1.25. The number of ether oxygens (including phenoxy) is 1. The van der Waals surface area contributed by atoms with Gasteiger partial charge in [0.25, 0.3) is 5.91 Å². The number of methoxy groups -OCH3 is 1. The Bertz CT molecular complexity index is 140. The van der Waals surface area contributed by atoms with Gasteiger partial charge in [0, 0.05) is 13.7 Å². The van der Waals surface area contributed by atoms with Gasteiger partial charge in [-0.25, -0.2) is 0 Å². The second-order valence-corrected chi connectivity index (χ2v) is 3.79. The average Bonchev–Trinajstić information content (AvgIpc) is 1.84. The minimum atomic E-state index is 0.0690. The van der Waals surface area contributed by atoms with E-state index in [4.69, 9.17) is 4.74 Å².